The minimum absolute atomic E-state index is 0.209. The summed E-state index contributed by atoms with van der Waals surface area (Å²) in [6.45, 7) is 7.06. The Morgan fingerprint density at radius 3 is 2.58 bits per heavy atom. The molecule has 0 saturated carbocycles. The van der Waals surface area contributed by atoms with E-state index in [1.54, 1.807) is 0 Å². The van der Waals surface area contributed by atoms with Crippen molar-refractivity contribution in [3.05, 3.63) is 23.4 Å². The minimum Gasteiger partial charge on any atom is -0.474 e. The number of rotatable bonds is 4. The maximum absolute atomic E-state index is 6.00. The zero-order chi connectivity index (χ0) is 13.8. The van der Waals surface area contributed by atoms with Gasteiger partial charge in [0.05, 0.1) is 12.2 Å². The molecule has 1 N–H and O–H groups in total. The molecular formula is C15H24N2O2. The van der Waals surface area contributed by atoms with Crippen LogP contribution in [0.25, 0.3) is 0 Å². The van der Waals surface area contributed by atoms with Crippen LogP contribution in [0.2, 0.25) is 0 Å². The second-order valence-corrected chi connectivity index (χ2v) is 5.39. The lowest BCUT2D eigenvalue weighted by Gasteiger charge is -2.32. The molecule has 4 nitrogen and oxygen atoms in total. The fourth-order valence-corrected chi connectivity index (χ4v) is 2.62. The quantitative estimate of drug-likeness (QED) is 0.907. The highest BCUT2D eigenvalue weighted by atomic mass is 16.5. The lowest BCUT2D eigenvalue weighted by Crippen LogP contribution is -2.35. The van der Waals surface area contributed by atoms with E-state index in [1.165, 1.54) is 5.56 Å². The van der Waals surface area contributed by atoms with E-state index >= 15 is 0 Å². The molecule has 1 saturated heterocycles. The Morgan fingerprint density at radius 1 is 1.32 bits per heavy atom. The Labute approximate surface area is 115 Å². The highest BCUT2D eigenvalue weighted by Gasteiger charge is 2.26. The van der Waals surface area contributed by atoms with Crippen LogP contribution in [0.1, 0.15) is 37.9 Å². The van der Waals surface area contributed by atoms with Crippen molar-refractivity contribution in [3.8, 4) is 5.88 Å². The number of nitrogens with zero attached hydrogens (tertiary/aromatic N) is 1. The highest BCUT2D eigenvalue weighted by Crippen LogP contribution is 2.23. The normalized spacial score (nSPS) is 27.3. The van der Waals surface area contributed by atoms with E-state index in [9.17, 15) is 0 Å². The van der Waals surface area contributed by atoms with Gasteiger partial charge in [0.15, 0.2) is 0 Å². The molecule has 2 unspecified atom stereocenters. The van der Waals surface area contributed by atoms with Crippen LogP contribution in [-0.4, -0.2) is 30.3 Å². The molecule has 1 fully saturated rings. The van der Waals surface area contributed by atoms with Crippen LogP contribution in [-0.2, 0) is 11.3 Å². The molecule has 2 atom stereocenters. The summed E-state index contributed by atoms with van der Waals surface area (Å²) in [6.07, 6.45) is 2.60. The van der Waals surface area contributed by atoms with Crippen LogP contribution in [0.5, 0.6) is 5.88 Å². The van der Waals surface area contributed by atoms with Crippen LogP contribution in [0.15, 0.2) is 12.1 Å². The van der Waals surface area contributed by atoms with Crippen molar-refractivity contribution < 1.29 is 9.47 Å². The molecule has 0 aliphatic carbocycles. The van der Waals surface area contributed by atoms with Gasteiger partial charge in [0.25, 0.3) is 0 Å². The third-order valence-corrected chi connectivity index (χ3v) is 3.48. The van der Waals surface area contributed by atoms with Gasteiger partial charge in [-0.15, -0.1) is 0 Å². The van der Waals surface area contributed by atoms with E-state index in [0.29, 0.717) is 0 Å². The molecule has 2 heterocycles. The summed E-state index contributed by atoms with van der Waals surface area (Å²) in [6, 6.07) is 4.05. The van der Waals surface area contributed by atoms with Gasteiger partial charge in [-0.05, 0) is 33.4 Å². The van der Waals surface area contributed by atoms with E-state index in [-0.39, 0.29) is 18.3 Å². The van der Waals surface area contributed by atoms with Gasteiger partial charge in [-0.25, -0.2) is 4.98 Å². The lowest BCUT2D eigenvalue weighted by atomic mass is 10.0. The predicted molar refractivity (Wildman–Crippen MR) is 75.4 cm³/mol. The second kappa shape index (κ2) is 6.35. The first-order valence-corrected chi connectivity index (χ1v) is 7.01. The zero-order valence-corrected chi connectivity index (χ0v) is 12.3. The second-order valence-electron chi connectivity index (χ2n) is 5.39. The predicted octanol–water partition coefficient (Wildman–Crippen LogP) is 2.44. The Morgan fingerprint density at radius 2 is 2.00 bits per heavy atom. The van der Waals surface area contributed by atoms with Crippen LogP contribution < -0.4 is 10.1 Å². The topological polar surface area (TPSA) is 43.4 Å². The molecule has 4 heteroatoms. The Kier molecular flexibility index (Phi) is 4.77. The average Bonchev–Trinajstić information content (AvgIpc) is 2.31. The third-order valence-electron chi connectivity index (χ3n) is 3.48. The van der Waals surface area contributed by atoms with Gasteiger partial charge in [0.1, 0.15) is 6.10 Å². The zero-order valence-electron chi connectivity index (χ0n) is 12.3. The van der Waals surface area contributed by atoms with Crippen LogP contribution in [0.4, 0.5) is 0 Å². The Balaban J connectivity index is 2.00. The average molecular weight is 264 g/mol. The van der Waals surface area contributed by atoms with Crippen LogP contribution in [0.3, 0.4) is 0 Å². The molecule has 106 valence electrons. The molecule has 1 aliphatic heterocycles. The molecule has 0 bridgehead atoms. The van der Waals surface area contributed by atoms with Crippen molar-refractivity contribution in [2.75, 3.05) is 7.05 Å². The molecular weight excluding hydrogens is 240 g/mol. The number of ether oxygens (including phenoxy) is 2. The van der Waals surface area contributed by atoms with Crippen LogP contribution >= 0.6 is 0 Å². The van der Waals surface area contributed by atoms with Gasteiger partial charge in [0, 0.05) is 31.1 Å². The van der Waals surface area contributed by atoms with Gasteiger partial charge >= 0.3 is 0 Å². The third kappa shape index (κ3) is 3.91. The van der Waals surface area contributed by atoms with E-state index < -0.39 is 0 Å². The fourth-order valence-electron chi connectivity index (χ4n) is 2.62. The van der Waals surface area contributed by atoms with Gasteiger partial charge in [0.2, 0.25) is 5.88 Å². The van der Waals surface area contributed by atoms with Gasteiger partial charge < -0.3 is 14.8 Å². The molecule has 1 aromatic heterocycles. The Bertz CT molecular complexity index is 413. The standard InChI is InChI=1S/C15H24N2O2/c1-10-7-14(8-11(2)18-10)19-15-6-5-13(9-16-4)12(3)17-15/h5-6,10-11,14,16H,7-9H2,1-4H3. The smallest absolute Gasteiger partial charge is 0.213 e. The first kappa shape index (κ1) is 14.3. The van der Waals surface area contributed by atoms with E-state index in [0.717, 1.165) is 31.0 Å². The summed E-state index contributed by atoms with van der Waals surface area (Å²) in [5.74, 6) is 0.726. The first-order valence-electron chi connectivity index (χ1n) is 7.01. The molecule has 0 spiro atoms. The number of hydrogen-bond donors (Lipinski definition) is 1. The maximum Gasteiger partial charge on any atom is 0.213 e. The first-order chi connectivity index (χ1) is 9.08. The molecule has 0 aromatic carbocycles. The fraction of sp³-hybridized carbons (Fsp3) is 0.667. The van der Waals surface area contributed by atoms with Crippen molar-refractivity contribution in [1.29, 1.82) is 0 Å². The largest absolute Gasteiger partial charge is 0.474 e. The van der Waals surface area contributed by atoms with Crippen molar-refractivity contribution >= 4 is 0 Å². The highest BCUT2D eigenvalue weighted by molar-refractivity contribution is 5.25. The molecule has 1 aromatic rings. The Hall–Kier alpha value is -1.13. The molecule has 0 radical (unpaired) electrons. The van der Waals surface area contributed by atoms with Crippen molar-refractivity contribution in [3.63, 3.8) is 0 Å². The number of nitrogens with one attached hydrogen (secondary N) is 1. The summed E-state index contributed by atoms with van der Waals surface area (Å²) in [5, 5.41) is 3.14. The molecule has 2 rings (SSSR count). The van der Waals surface area contributed by atoms with E-state index in [2.05, 4.69) is 30.2 Å². The summed E-state index contributed by atoms with van der Waals surface area (Å²) in [5.41, 5.74) is 2.24. The van der Waals surface area contributed by atoms with Crippen molar-refractivity contribution in [2.24, 2.45) is 0 Å². The number of pyridine rings is 1. The van der Waals surface area contributed by atoms with Crippen molar-refractivity contribution in [2.45, 2.75) is 58.5 Å². The van der Waals surface area contributed by atoms with E-state index in [4.69, 9.17) is 9.47 Å². The number of aryl methyl sites for hydroxylation is 1. The number of hydrogen-bond acceptors (Lipinski definition) is 4. The van der Waals surface area contributed by atoms with E-state index in [1.807, 2.05) is 20.0 Å². The molecule has 19 heavy (non-hydrogen) atoms. The van der Waals surface area contributed by atoms with Gasteiger partial charge in [-0.2, -0.15) is 0 Å². The summed E-state index contributed by atoms with van der Waals surface area (Å²) in [4.78, 5) is 4.53. The maximum atomic E-state index is 6.00. The van der Waals surface area contributed by atoms with Crippen molar-refractivity contribution in [1.82, 2.24) is 10.3 Å². The monoisotopic (exact) mass is 264 g/mol. The number of aromatic nitrogens is 1. The SMILES string of the molecule is CNCc1ccc(OC2CC(C)OC(C)C2)nc1C. The van der Waals surface area contributed by atoms with Crippen LogP contribution in [0, 0.1) is 6.92 Å². The summed E-state index contributed by atoms with van der Waals surface area (Å²) < 4.78 is 11.7. The molecule has 1 aliphatic rings. The van der Waals surface area contributed by atoms with Gasteiger partial charge in [-0.1, -0.05) is 6.07 Å². The van der Waals surface area contributed by atoms with Gasteiger partial charge in [-0.3, -0.25) is 0 Å². The minimum atomic E-state index is 0.209. The summed E-state index contributed by atoms with van der Waals surface area (Å²) in [7, 11) is 1.94. The lowest BCUT2D eigenvalue weighted by molar-refractivity contribution is -0.0729. The molecule has 0 amide bonds. The summed E-state index contributed by atoms with van der Waals surface area (Å²) >= 11 is 0.